The van der Waals surface area contributed by atoms with Crippen molar-refractivity contribution >= 4 is 0 Å². The molecule has 3 nitrogen and oxygen atoms in total. The van der Waals surface area contributed by atoms with E-state index in [1.807, 2.05) is 6.92 Å². The summed E-state index contributed by atoms with van der Waals surface area (Å²) >= 11 is 0. The average molecular weight is 227 g/mol. The minimum Gasteiger partial charge on any atom is -0.505 e. The van der Waals surface area contributed by atoms with E-state index in [0.29, 0.717) is 18.5 Å². The molecule has 0 heterocycles. The van der Waals surface area contributed by atoms with Gasteiger partial charge in [0.1, 0.15) is 0 Å². The molecule has 3 N–H and O–H groups in total. The van der Waals surface area contributed by atoms with Gasteiger partial charge in [0.2, 0.25) is 0 Å². The Labute approximate surface area is 94.9 Å². The normalized spacial score (nSPS) is 12.7. The molecule has 0 spiro atoms. The lowest BCUT2D eigenvalue weighted by molar-refractivity contribution is 0.261. The van der Waals surface area contributed by atoms with Crippen LogP contribution in [0.5, 0.6) is 5.75 Å². The number of halogens is 1. The third kappa shape index (κ3) is 3.47. The molecule has 1 aromatic carbocycles. The Morgan fingerprint density at radius 2 is 2.19 bits per heavy atom. The van der Waals surface area contributed by atoms with E-state index in [1.165, 1.54) is 6.07 Å². The second kappa shape index (κ2) is 6.45. The number of aromatic hydroxyl groups is 1. The van der Waals surface area contributed by atoms with Crippen LogP contribution >= 0.6 is 0 Å². The summed E-state index contributed by atoms with van der Waals surface area (Å²) in [5.74, 6) is -0.900. The molecule has 4 heteroatoms. The first kappa shape index (κ1) is 12.9. The summed E-state index contributed by atoms with van der Waals surface area (Å²) in [6.45, 7) is 2.54. The van der Waals surface area contributed by atoms with E-state index in [4.69, 9.17) is 5.11 Å². The molecule has 0 aliphatic rings. The van der Waals surface area contributed by atoms with E-state index in [0.717, 1.165) is 6.42 Å². The maximum Gasteiger partial charge on any atom is 0.165 e. The topological polar surface area (TPSA) is 52.5 Å². The van der Waals surface area contributed by atoms with Crippen molar-refractivity contribution in [2.24, 2.45) is 0 Å². The summed E-state index contributed by atoms with van der Waals surface area (Å²) in [7, 11) is 0. The van der Waals surface area contributed by atoms with E-state index >= 15 is 0 Å². The molecule has 1 atom stereocenters. The highest BCUT2D eigenvalue weighted by molar-refractivity contribution is 5.33. The van der Waals surface area contributed by atoms with E-state index in [-0.39, 0.29) is 18.4 Å². The van der Waals surface area contributed by atoms with Crippen LogP contribution < -0.4 is 5.32 Å². The predicted octanol–water partition coefficient (Wildman–Crippen LogP) is 1.78. The van der Waals surface area contributed by atoms with Crippen molar-refractivity contribution in [1.29, 1.82) is 0 Å². The predicted molar refractivity (Wildman–Crippen MR) is 60.7 cm³/mol. The number of aliphatic hydroxyl groups excluding tert-OH is 1. The van der Waals surface area contributed by atoms with Gasteiger partial charge in [0.05, 0.1) is 0 Å². The van der Waals surface area contributed by atoms with Gasteiger partial charge in [-0.2, -0.15) is 0 Å². The van der Waals surface area contributed by atoms with Gasteiger partial charge >= 0.3 is 0 Å². The van der Waals surface area contributed by atoms with E-state index in [2.05, 4.69) is 5.32 Å². The first-order chi connectivity index (χ1) is 7.69. The largest absolute Gasteiger partial charge is 0.505 e. The summed E-state index contributed by atoms with van der Waals surface area (Å²) in [6.07, 6.45) is 1.54. The SMILES string of the molecule is CCC(CCO)NCc1cccc(F)c1O. The molecule has 1 unspecified atom stereocenters. The molecule has 0 aromatic heterocycles. The van der Waals surface area contributed by atoms with Crippen molar-refractivity contribution in [3.05, 3.63) is 29.6 Å². The van der Waals surface area contributed by atoms with Gasteiger partial charge in [-0.25, -0.2) is 4.39 Å². The molecule has 0 aliphatic heterocycles. The number of para-hydroxylation sites is 1. The van der Waals surface area contributed by atoms with Gasteiger partial charge in [0.15, 0.2) is 11.6 Å². The van der Waals surface area contributed by atoms with Crippen LogP contribution in [0.15, 0.2) is 18.2 Å². The van der Waals surface area contributed by atoms with E-state index in [1.54, 1.807) is 12.1 Å². The quantitative estimate of drug-likeness (QED) is 0.694. The molecule has 0 amide bonds. The van der Waals surface area contributed by atoms with Gasteiger partial charge in [-0.05, 0) is 18.9 Å². The second-order valence-electron chi connectivity index (χ2n) is 3.75. The van der Waals surface area contributed by atoms with Crippen molar-refractivity contribution < 1.29 is 14.6 Å². The fourth-order valence-corrected chi connectivity index (χ4v) is 1.56. The monoisotopic (exact) mass is 227 g/mol. The zero-order chi connectivity index (χ0) is 12.0. The molecular formula is C12H18FNO2. The molecular weight excluding hydrogens is 209 g/mol. The number of benzene rings is 1. The minimum atomic E-state index is -0.602. The molecule has 1 aromatic rings. The first-order valence-corrected chi connectivity index (χ1v) is 5.49. The van der Waals surface area contributed by atoms with Gasteiger partial charge in [0, 0.05) is 24.8 Å². The lowest BCUT2D eigenvalue weighted by Gasteiger charge is -2.16. The first-order valence-electron chi connectivity index (χ1n) is 5.49. The van der Waals surface area contributed by atoms with Crippen LogP contribution in [-0.4, -0.2) is 22.9 Å². The number of hydrogen-bond donors (Lipinski definition) is 3. The van der Waals surface area contributed by atoms with Crippen LogP contribution in [0, 0.1) is 5.82 Å². The summed E-state index contributed by atoms with van der Waals surface area (Å²) < 4.78 is 13.0. The highest BCUT2D eigenvalue weighted by Gasteiger charge is 2.09. The maximum atomic E-state index is 13.0. The van der Waals surface area contributed by atoms with Gasteiger partial charge in [-0.15, -0.1) is 0 Å². The molecule has 0 radical (unpaired) electrons. The molecule has 16 heavy (non-hydrogen) atoms. The van der Waals surface area contributed by atoms with E-state index < -0.39 is 5.82 Å². The van der Waals surface area contributed by atoms with Gasteiger partial charge in [-0.3, -0.25) is 0 Å². The molecule has 1 rings (SSSR count). The van der Waals surface area contributed by atoms with Crippen molar-refractivity contribution in [2.45, 2.75) is 32.4 Å². The fraction of sp³-hybridized carbons (Fsp3) is 0.500. The molecule has 90 valence electrons. The molecule has 0 bridgehead atoms. The molecule has 0 fully saturated rings. The minimum absolute atomic E-state index is 0.126. The Morgan fingerprint density at radius 1 is 1.44 bits per heavy atom. The third-order valence-corrected chi connectivity index (χ3v) is 2.62. The Kier molecular flexibility index (Phi) is 5.22. The van der Waals surface area contributed by atoms with Crippen molar-refractivity contribution in [1.82, 2.24) is 5.32 Å². The molecule has 0 saturated heterocycles. The van der Waals surface area contributed by atoms with Crippen molar-refractivity contribution in [2.75, 3.05) is 6.61 Å². The van der Waals surface area contributed by atoms with E-state index in [9.17, 15) is 9.50 Å². The maximum absolute atomic E-state index is 13.0. The number of rotatable bonds is 6. The Balaban J connectivity index is 2.56. The van der Waals surface area contributed by atoms with Crippen LogP contribution in [0.1, 0.15) is 25.3 Å². The molecule has 0 saturated carbocycles. The van der Waals surface area contributed by atoms with Crippen molar-refractivity contribution in [3.8, 4) is 5.75 Å². The average Bonchev–Trinajstić information content (AvgIpc) is 2.29. The zero-order valence-electron chi connectivity index (χ0n) is 9.41. The number of aliphatic hydroxyl groups is 1. The third-order valence-electron chi connectivity index (χ3n) is 2.62. The number of nitrogens with one attached hydrogen (secondary N) is 1. The summed E-state index contributed by atoms with van der Waals surface area (Å²) in [6, 6.07) is 4.66. The summed E-state index contributed by atoms with van der Waals surface area (Å²) in [5.41, 5.74) is 0.538. The second-order valence-corrected chi connectivity index (χ2v) is 3.75. The van der Waals surface area contributed by atoms with Gasteiger partial charge < -0.3 is 15.5 Å². The highest BCUT2D eigenvalue weighted by atomic mass is 19.1. The number of phenolic OH excluding ortho intramolecular Hbond substituents is 1. The number of phenols is 1. The highest BCUT2D eigenvalue weighted by Crippen LogP contribution is 2.20. The fourth-order valence-electron chi connectivity index (χ4n) is 1.56. The zero-order valence-corrected chi connectivity index (χ0v) is 9.41. The number of hydrogen-bond acceptors (Lipinski definition) is 3. The summed E-state index contributed by atoms with van der Waals surface area (Å²) in [5, 5.41) is 21.4. The molecule has 0 aliphatic carbocycles. The van der Waals surface area contributed by atoms with Crippen LogP contribution in [0.3, 0.4) is 0 Å². The van der Waals surface area contributed by atoms with Gasteiger partial charge in [0.25, 0.3) is 0 Å². The van der Waals surface area contributed by atoms with Crippen LogP contribution in [0.25, 0.3) is 0 Å². The van der Waals surface area contributed by atoms with Crippen LogP contribution in [-0.2, 0) is 6.54 Å². The lowest BCUT2D eigenvalue weighted by atomic mass is 10.1. The van der Waals surface area contributed by atoms with Crippen LogP contribution in [0.4, 0.5) is 4.39 Å². The lowest BCUT2D eigenvalue weighted by Crippen LogP contribution is -2.28. The van der Waals surface area contributed by atoms with Gasteiger partial charge in [-0.1, -0.05) is 19.1 Å². The Hall–Kier alpha value is -1.13. The smallest absolute Gasteiger partial charge is 0.165 e. The standard InChI is InChI=1S/C12H18FNO2/c1-2-10(6-7-15)14-8-9-4-3-5-11(13)12(9)16/h3-5,10,14-16H,2,6-8H2,1H3. The van der Waals surface area contributed by atoms with Crippen molar-refractivity contribution in [3.63, 3.8) is 0 Å². The Bertz CT molecular complexity index is 331. The Morgan fingerprint density at radius 3 is 2.81 bits per heavy atom. The van der Waals surface area contributed by atoms with Crippen LogP contribution in [0.2, 0.25) is 0 Å². The summed E-state index contributed by atoms with van der Waals surface area (Å²) in [4.78, 5) is 0.